The number of benzene rings is 2. The number of nitrogens with one attached hydrogen (secondary N) is 1. The average Bonchev–Trinajstić information content (AvgIpc) is 3.08. The molecule has 0 aliphatic heterocycles. The molecule has 0 spiro atoms. The summed E-state index contributed by atoms with van der Waals surface area (Å²) >= 11 is 0. The van der Waals surface area contributed by atoms with Crippen LogP contribution < -0.4 is 5.32 Å². The van der Waals surface area contributed by atoms with Crippen LogP contribution in [0.2, 0.25) is 0 Å². The van der Waals surface area contributed by atoms with Crippen LogP contribution in [0.5, 0.6) is 0 Å². The van der Waals surface area contributed by atoms with E-state index in [4.69, 9.17) is 4.98 Å². The molecule has 5 nitrogen and oxygen atoms in total. The van der Waals surface area contributed by atoms with Gasteiger partial charge in [-0.1, -0.05) is 42.5 Å². The predicted molar refractivity (Wildman–Crippen MR) is 105 cm³/mol. The highest BCUT2D eigenvalue weighted by Gasteiger charge is 2.19. The van der Waals surface area contributed by atoms with Crippen LogP contribution >= 0.6 is 0 Å². The summed E-state index contributed by atoms with van der Waals surface area (Å²) in [6, 6.07) is 21.6. The van der Waals surface area contributed by atoms with E-state index in [0.717, 1.165) is 16.9 Å². The standard InChI is InChI=1S/C22H20N4O/c1-16(24-22(27)18-10-7-13-23-14-18)21-25-19-11-5-6-12-20(19)26(21)15-17-8-3-2-4-9-17/h2-14,16H,15H2,1H3,(H,24,27). The first-order valence-corrected chi connectivity index (χ1v) is 8.92. The summed E-state index contributed by atoms with van der Waals surface area (Å²) in [4.78, 5) is 21.3. The zero-order chi connectivity index (χ0) is 18.6. The largest absolute Gasteiger partial charge is 0.342 e. The molecule has 4 rings (SSSR count). The molecule has 2 aromatic carbocycles. The fourth-order valence-corrected chi connectivity index (χ4v) is 3.20. The highest BCUT2D eigenvalue weighted by molar-refractivity contribution is 5.94. The van der Waals surface area contributed by atoms with Crippen molar-refractivity contribution in [3.63, 3.8) is 0 Å². The molecule has 1 N–H and O–H groups in total. The quantitative estimate of drug-likeness (QED) is 0.589. The van der Waals surface area contributed by atoms with Crippen LogP contribution in [-0.2, 0) is 6.54 Å². The number of hydrogen-bond acceptors (Lipinski definition) is 3. The van der Waals surface area contributed by atoms with Crippen molar-refractivity contribution in [3.8, 4) is 0 Å². The Balaban J connectivity index is 1.68. The molecule has 4 aromatic rings. The van der Waals surface area contributed by atoms with Gasteiger partial charge in [0.25, 0.3) is 5.91 Å². The number of amides is 1. The first kappa shape index (κ1) is 17.0. The molecule has 0 saturated carbocycles. The molecule has 1 amide bonds. The lowest BCUT2D eigenvalue weighted by Crippen LogP contribution is -2.29. The van der Waals surface area contributed by atoms with Gasteiger partial charge < -0.3 is 9.88 Å². The van der Waals surface area contributed by atoms with E-state index < -0.39 is 0 Å². The normalized spacial score (nSPS) is 12.0. The van der Waals surface area contributed by atoms with Crippen LogP contribution in [0.4, 0.5) is 0 Å². The Bertz CT molecular complexity index is 1060. The van der Waals surface area contributed by atoms with Gasteiger partial charge in [0.15, 0.2) is 0 Å². The van der Waals surface area contributed by atoms with Crippen molar-refractivity contribution in [1.82, 2.24) is 19.9 Å². The van der Waals surface area contributed by atoms with Crippen LogP contribution in [0.1, 0.15) is 34.7 Å². The van der Waals surface area contributed by atoms with Gasteiger partial charge in [-0.3, -0.25) is 9.78 Å². The third-order valence-electron chi connectivity index (χ3n) is 4.53. The number of hydrogen-bond donors (Lipinski definition) is 1. The molecule has 134 valence electrons. The maximum Gasteiger partial charge on any atom is 0.253 e. The lowest BCUT2D eigenvalue weighted by molar-refractivity contribution is 0.0937. The summed E-state index contributed by atoms with van der Waals surface area (Å²) in [5.41, 5.74) is 3.70. The highest BCUT2D eigenvalue weighted by Crippen LogP contribution is 2.22. The molecule has 0 fully saturated rings. The van der Waals surface area contributed by atoms with Gasteiger partial charge in [0, 0.05) is 18.9 Å². The lowest BCUT2D eigenvalue weighted by Gasteiger charge is -2.16. The zero-order valence-electron chi connectivity index (χ0n) is 15.0. The summed E-state index contributed by atoms with van der Waals surface area (Å²) in [5.74, 6) is 0.672. The number of imidazole rings is 1. The molecule has 27 heavy (non-hydrogen) atoms. The Hall–Kier alpha value is -3.47. The van der Waals surface area contributed by atoms with E-state index >= 15 is 0 Å². The monoisotopic (exact) mass is 356 g/mol. The van der Waals surface area contributed by atoms with Crippen molar-refractivity contribution in [1.29, 1.82) is 0 Å². The van der Waals surface area contributed by atoms with Gasteiger partial charge in [0.05, 0.1) is 22.6 Å². The molecule has 2 aromatic heterocycles. The van der Waals surface area contributed by atoms with E-state index in [9.17, 15) is 4.79 Å². The molecule has 0 aliphatic rings. The minimum atomic E-state index is -0.242. The van der Waals surface area contributed by atoms with Crippen LogP contribution in [0.3, 0.4) is 0 Å². The van der Waals surface area contributed by atoms with E-state index in [2.05, 4.69) is 33.1 Å². The number of fused-ring (bicyclic) bond motifs is 1. The number of pyridine rings is 1. The number of para-hydroxylation sites is 2. The first-order valence-electron chi connectivity index (χ1n) is 8.92. The third kappa shape index (κ3) is 3.58. The summed E-state index contributed by atoms with van der Waals surface area (Å²) in [5, 5.41) is 3.04. The van der Waals surface area contributed by atoms with Crippen molar-refractivity contribution in [2.75, 3.05) is 0 Å². The Morgan fingerprint density at radius 1 is 1.04 bits per heavy atom. The maximum atomic E-state index is 12.5. The molecule has 0 aliphatic carbocycles. The number of carbonyl (C=O) groups is 1. The second kappa shape index (κ2) is 7.41. The summed E-state index contributed by atoms with van der Waals surface area (Å²) in [6.45, 7) is 2.65. The molecule has 2 heterocycles. The molecular weight excluding hydrogens is 336 g/mol. The van der Waals surface area contributed by atoms with E-state index in [1.54, 1.807) is 24.5 Å². The second-order valence-corrected chi connectivity index (χ2v) is 6.47. The SMILES string of the molecule is CC(NC(=O)c1cccnc1)c1nc2ccccc2n1Cc1ccccc1. The fraction of sp³-hybridized carbons (Fsp3) is 0.136. The van der Waals surface area contributed by atoms with Crippen LogP contribution in [0, 0.1) is 0 Å². The number of nitrogens with zero attached hydrogens (tertiary/aromatic N) is 3. The molecular formula is C22H20N4O. The van der Waals surface area contributed by atoms with Gasteiger partial charge in [0.2, 0.25) is 0 Å². The van der Waals surface area contributed by atoms with Crippen molar-refractivity contribution in [3.05, 3.63) is 96.1 Å². The minimum absolute atomic E-state index is 0.158. The Kier molecular flexibility index (Phi) is 4.66. The Morgan fingerprint density at radius 3 is 2.59 bits per heavy atom. The molecule has 0 bridgehead atoms. The molecule has 1 unspecified atom stereocenters. The Morgan fingerprint density at radius 2 is 1.81 bits per heavy atom. The lowest BCUT2D eigenvalue weighted by atomic mass is 10.2. The molecule has 1 atom stereocenters. The Labute approximate surface area is 157 Å². The third-order valence-corrected chi connectivity index (χ3v) is 4.53. The van der Waals surface area contributed by atoms with E-state index in [1.165, 1.54) is 5.56 Å². The first-order chi connectivity index (χ1) is 13.2. The van der Waals surface area contributed by atoms with Gasteiger partial charge in [0.1, 0.15) is 5.82 Å². The number of carbonyl (C=O) groups excluding carboxylic acids is 1. The van der Waals surface area contributed by atoms with Crippen LogP contribution in [-0.4, -0.2) is 20.4 Å². The van der Waals surface area contributed by atoms with Gasteiger partial charge in [-0.25, -0.2) is 4.98 Å². The highest BCUT2D eigenvalue weighted by atomic mass is 16.1. The number of rotatable bonds is 5. The van der Waals surface area contributed by atoms with Crippen molar-refractivity contribution in [2.24, 2.45) is 0 Å². The van der Waals surface area contributed by atoms with Crippen LogP contribution in [0.15, 0.2) is 79.1 Å². The van der Waals surface area contributed by atoms with E-state index in [-0.39, 0.29) is 11.9 Å². The van der Waals surface area contributed by atoms with E-state index in [1.807, 2.05) is 43.3 Å². The fourth-order valence-electron chi connectivity index (χ4n) is 3.20. The van der Waals surface area contributed by atoms with Gasteiger partial charge in [-0.2, -0.15) is 0 Å². The van der Waals surface area contributed by atoms with Crippen molar-refractivity contribution >= 4 is 16.9 Å². The smallest absolute Gasteiger partial charge is 0.253 e. The van der Waals surface area contributed by atoms with Crippen molar-refractivity contribution < 1.29 is 4.79 Å². The van der Waals surface area contributed by atoms with Gasteiger partial charge >= 0.3 is 0 Å². The molecule has 0 radical (unpaired) electrons. The van der Waals surface area contributed by atoms with E-state index in [0.29, 0.717) is 12.1 Å². The average molecular weight is 356 g/mol. The van der Waals surface area contributed by atoms with Gasteiger partial charge in [-0.15, -0.1) is 0 Å². The van der Waals surface area contributed by atoms with Crippen molar-refractivity contribution in [2.45, 2.75) is 19.5 Å². The topological polar surface area (TPSA) is 59.8 Å². The minimum Gasteiger partial charge on any atom is -0.342 e. The number of aromatic nitrogens is 3. The van der Waals surface area contributed by atoms with Crippen LogP contribution in [0.25, 0.3) is 11.0 Å². The molecule has 0 saturated heterocycles. The maximum absolute atomic E-state index is 12.5. The molecule has 5 heteroatoms. The zero-order valence-corrected chi connectivity index (χ0v) is 15.0. The summed E-state index contributed by atoms with van der Waals surface area (Å²) < 4.78 is 2.17. The summed E-state index contributed by atoms with van der Waals surface area (Å²) in [7, 11) is 0. The predicted octanol–water partition coefficient (Wildman–Crippen LogP) is 3.97. The summed E-state index contributed by atoms with van der Waals surface area (Å²) in [6.07, 6.45) is 3.22. The van der Waals surface area contributed by atoms with Gasteiger partial charge in [-0.05, 0) is 36.8 Å². The second-order valence-electron chi connectivity index (χ2n) is 6.47.